The number of benzene rings is 1. The average Bonchev–Trinajstić information content (AvgIpc) is 2.21. The van der Waals surface area contributed by atoms with Crippen molar-refractivity contribution in [2.24, 2.45) is 5.14 Å². The molecule has 0 bridgehead atoms. The fourth-order valence-electron chi connectivity index (χ4n) is 1.29. The van der Waals surface area contributed by atoms with Gasteiger partial charge >= 0.3 is 0 Å². The molecule has 0 aliphatic carbocycles. The van der Waals surface area contributed by atoms with E-state index in [1.54, 1.807) is 12.1 Å². The first-order chi connectivity index (χ1) is 7.88. The number of hydrogen-bond donors (Lipinski definition) is 3. The van der Waals surface area contributed by atoms with Gasteiger partial charge in [-0.05, 0) is 30.7 Å². The molecule has 0 fully saturated rings. The van der Waals surface area contributed by atoms with Crippen molar-refractivity contribution in [3.8, 4) is 5.75 Å². The van der Waals surface area contributed by atoms with Crippen LogP contribution in [0.1, 0.15) is 12.0 Å². The second-order valence-corrected chi connectivity index (χ2v) is 5.82. The molecule has 1 rings (SSSR count). The van der Waals surface area contributed by atoms with E-state index in [9.17, 15) is 13.5 Å². The normalized spacial score (nSPS) is 11.6. The predicted molar refractivity (Wildman–Crippen MR) is 67.4 cm³/mol. The van der Waals surface area contributed by atoms with Gasteiger partial charge in [-0.15, -0.1) is 0 Å². The lowest BCUT2D eigenvalue weighted by Gasteiger charge is -2.05. The van der Waals surface area contributed by atoms with E-state index in [4.69, 9.17) is 16.7 Å². The van der Waals surface area contributed by atoms with Crippen LogP contribution in [0.5, 0.6) is 5.75 Å². The lowest BCUT2D eigenvalue weighted by molar-refractivity contribution is 0.475. The minimum atomic E-state index is -3.38. The van der Waals surface area contributed by atoms with Crippen LogP contribution in [0.3, 0.4) is 0 Å². The zero-order valence-corrected chi connectivity index (χ0v) is 10.8. The number of nitrogens with one attached hydrogen (secondary N) is 1. The first-order valence-electron chi connectivity index (χ1n) is 5.07. The van der Waals surface area contributed by atoms with Gasteiger partial charge in [0.05, 0.1) is 10.8 Å². The molecule has 0 radical (unpaired) electrons. The smallest absolute Gasteiger partial charge is 0.209 e. The van der Waals surface area contributed by atoms with Crippen molar-refractivity contribution >= 4 is 21.6 Å². The number of phenolic OH excluding ortho intramolecular Hbond substituents is 1. The van der Waals surface area contributed by atoms with Crippen molar-refractivity contribution in [3.63, 3.8) is 0 Å². The van der Waals surface area contributed by atoms with E-state index in [-0.39, 0.29) is 11.5 Å². The quantitative estimate of drug-likeness (QED) is 0.672. The molecule has 0 spiro atoms. The van der Waals surface area contributed by atoms with Gasteiger partial charge in [0.15, 0.2) is 0 Å². The number of nitrogens with two attached hydrogens (primary N) is 1. The molecule has 0 aliphatic rings. The van der Waals surface area contributed by atoms with Gasteiger partial charge in [-0.25, -0.2) is 13.6 Å². The van der Waals surface area contributed by atoms with Gasteiger partial charge < -0.3 is 10.4 Å². The Morgan fingerprint density at radius 3 is 2.71 bits per heavy atom. The number of hydrogen-bond acceptors (Lipinski definition) is 4. The van der Waals surface area contributed by atoms with Crippen LogP contribution in [0.25, 0.3) is 0 Å². The Bertz CT molecular complexity index is 476. The molecule has 0 saturated heterocycles. The lowest BCUT2D eigenvalue weighted by atomic mass is 10.2. The molecule has 7 heteroatoms. The summed E-state index contributed by atoms with van der Waals surface area (Å²) in [6, 6.07) is 4.92. The fourth-order valence-corrected chi connectivity index (χ4v) is 2.04. The predicted octanol–water partition coefficient (Wildman–Crippen LogP) is 0.814. The molecule has 0 aromatic heterocycles. The average molecular weight is 279 g/mol. The first kappa shape index (κ1) is 14.2. The summed E-state index contributed by atoms with van der Waals surface area (Å²) in [5, 5.41) is 17.4. The minimum absolute atomic E-state index is 0.0314. The van der Waals surface area contributed by atoms with Crippen molar-refractivity contribution in [1.29, 1.82) is 0 Å². The van der Waals surface area contributed by atoms with Crippen LogP contribution in [0.15, 0.2) is 18.2 Å². The van der Waals surface area contributed by atoms with Gasteiger partial charge in [0.1, 0.15) is 5.75 Å². The molecule has 0 atom stereocenters. The third-order valence-electron chi connectivity index (χ3n) is 2.12. The molecule has 96 valence electrons. The van der Waals surface area contributed by atoms with Crippen LogP contribution in [-0.2, 0) is 16.6 Å². The Balaban J connectivity index is 2.29. The first-order valence-corrected chi connectivity index (χ1v) is 7.16. The molecular formula is C10H15ClN2O3S. The largest absolute Gasteiger partial charge is 0.506 e. The second-order valence-electron chi connectivity index (χ2n) is 3.68. The number of rotatable bonds is 6. The topological polar surface area (TPSA) is 92.4 Å². The highest BCUT2D eigenvalue weighted by atomic mass is 35.5. The van der Waals surface area contributed by atoms with Crippen LogP contribution in [0.4, 0.5) is 0 Å². The van der Waals surface area contributed by atoms with Crippen molar-refractivity contribution in [2.75, 3.05) is 12.3 Å². The third kappa shape index (κ3) is 5.88. The van der Waals surface area contributed by atoms with Gasteiger partial charge in [-0.3, -0.25) is 0 Å². The van der Waals surface area contributed by atoms with Crippen LogP contribution < -0.4 is 10.5 Å². The maximum absolute atomic E-state index is 10.7. The summed E-state index contributed by atoms with van der Waals surface area (Å²) in [5.41, 5.74) is 0.920. The molecule has 0 aliphatic heterocycles. The summed E-state index contributed by atoms with van der Waals surface area (Å²) in [7, 11) is -3.38. The van der Waals surface area contributed by atoms with Gasteiger partial charge in [0, 0.05) is 6.54 Å². The molecule has 1 aromatic carbocycles. The maximum atomic E-state index is 10.7. The van der Waals surface area contributed by atoms with Gasteiger partial charge in [-0.2, -0.15) is 0 Å². The van der Waals surface area contributed by atoms with Crippen LogP contribution >= 0.6 is 11.6 Å². The lowest BCUT2D eigenvalue weighted by Crippen LogP contribution is -2.22. The summed E-state index contributed by atoms with van der Waals surface area (Å²) >= 11 is 5.74. The Kier molecular flexibility index (Phi) is 5.20. The van der Waals surface area contributed by atoms with E-state index in [1.807, 2.05) is 0 Å². The summed E-state index contributed by atoms with van der Waals surface area (Å²) in [6.45, 7) is 1.11. The van der Waals surface area contributed by atoms with E-state index in [0.29, 0.717) is 24.5 Å². The Labute approximate surface area is 106 Å². The monoisotopic (exact) mass is 278 g/mol. The highest BCUT2D eigenvalue weighted by Crippen LogP contribution is 2.23. The minimum Gasteiger partial charge on any atom is -0.506 e. The Morgan fingerprint density at radius 1 is 1.41 bits per heavy atom. The standard InChI is InChI=1S/C10H15ClN2O3S/c11-9-6-8(2-3-10(9)14)7-13-4-1-5-17(12,15)16/h2-3,6,13-14H,1,4-5,7H2,(H2,12,15,16). The number of aromatic hydroxyl groups is 1. The van der Waals surface area contributed by atoms with Crippen LogP contribution in [-0.4, -0.2) is 25.8 Å². The zero-order valence-electron chi connectivity index (χ0n) is 9.19. The molecule has 17 heavy (non-hydrogen) atoms. The van der Waals surface area contributed by atoms with Crippen molar-refractivity contribution < 1.29 is 13.5 Å². The zero-order chi connectivity index (χ0) is 12.9. The summed E-state index contributed by atoms with van der Waals surface area (Å²) in [4.78, 5) is 0. The van der Waals surface area contributed by atoms with Crippen molar-refractivity contribution in [2.45, 2.75) is 13.0 Å². The number of primary sulfonamides is 1. The van der Waals surface area contributed by atoms with Crippen LogP contribution in [0.2, 0.25) is 5.02 Å². The van der Waals surface area contributed by atoms with E-state index >= 15 is 0 Å². The van der Waals surface area contributed by atoms with Gasteiger partial charge in [0.25, 0.3) is 0 Å². The molecule has 0 unspecified atom stereocenters. The second kappa shape index (κ2) is 6.20. The third-order valence-corrected chi connectivity index (χ3v) is 3.28. The fraction of sp³-hybridized carbons (Fsp3) is 0.400. The molecular weight excluding hydrogens is 264 g/mol. The van der Waals surface area contributed by atoms with Crippen molar-refractivity contribution in [3.05, 3.63) is 28.8 Å². The molecule has 4 N–H and O–H groups in total. The Hall–Kier alpha value is -0.820. The van der Waals surface area contributed by atoms with Crippen LogP contribution in [0, 0.1) is 0 Å². The molecule has 1 aromatic rings. The summed E-state index contributed by atoms with van der Waals surface area (Å²) in [5.74, 6) is 0.0145. The van der Waals surface area contributed by atoms with Crippen molar-refractivity contribution in [1.82, 2.24) is 5.32 Å². The van der Waals surface area contributed by atoms with E-state index in [1.165, 1.54) is 6.07 Å². The molecule has 0 amide bonds. The molecule has 0 heterocycles. The highest BCUT2D eigenvalue weighted by Gasteiger charge is 2.02. The number of sulfonamides is 1. The van der Waals surface area contributed by atoms with Gasteiger partial charge in [0.2, 0.25) is 10.0 Å². The Morgan fingerprint density at radius 2 is 2.12 bits per heavy atom. The van der Waals surface area contributed by atoms with E-state index in [2.05, 4.69) is 5.32 Å². The van der Waals surface area contributed by atoms with E-state index in [0.717, 1.165) is 5.56 Å². The van der Waals surface area contributed by atoms with E-state index < -0.39 is 10.0 Å². The highest BCUT2D eigenvalue weighted by molar-refractivity contribution is 7.89. The maximum Gasteiger partial charge on any atom is 0.209 e. The summed E-state index contributed by atoms with van der Waals surface area (Å²) < 4.78 is 21.3. The molecule has 5 nitrogen and oxygen atoms in total. The number of phenols is 1. The van der Waals surface area contributed by atoms with Gasteiger partial charge in [-0.1, -0.05) is 17.7 Å². The summed E-state index contributed by atoms with van der Waals surface area (Å²) in [6.07, 6.45) is 0.463. The molecule has 0 saturated carbocycles. The SMILES string of the molecule is NS(=O)(=O)CCCNCc1ccc(O)c(Cl)c1. The number of halogens is 1.